The van der Waals surface area contributed by atoms with Gasteiger partial charge < -0.3 is 10.1 Å². The summed E-state index contributed by atoms with van der Waals surface area (Å²) >= 11 is 5.18. The lowest BCUT2D eigenvalue weighted by molar-refractivity contribution is 0.0600. The van der Waals surface area contributed by atoms with Crippen LogP contribution >= 0.6 is 12.2 Å². The van der Waals surface area contributed by atoms with Crippen LogP contribution in [0.25, 0.3) is 0 Å². The van der Waals surface area contributed by atoms with Crippen molar-refractivity contribution in [2.45, 2.75) is 13.8 Å². The van der Waals surface area contributed by atoms with E-state index in [-0.39, 0.29) is 5.11 Å². The van der Waals surface area contributed by atoms with E-state index in [0.717, 1.165) is 16.8 Å². The summed E-state index contributed by atoms with van der Waals surface area (Å²) < 4.78 is 4.65. The zero-order valence-electron chi connectivity index (χ0n) is 13.7. The summed E-state index contributed by atoms with van der Waals surface area (Å²) in [4.78, 5) is 23.8. The van der Waals surface area contributed by atoms with E-state index < -0.39 is 11.9 Å². The molecule has 2 rings (SSSR count). The predicted molar refractivity (Wildman–Crippen MR) is 97.4 cm³/mol. The van der Waals surface area contributed by atoms with Gasteiger partial charge in [0.15, 0.2) is 5.11 Å². The number of hydrogen-bond acceptors (Lipinski definition) is 4. The molecule has 2 aromatic rings. The first-order chi connectivity index (χ1) is 11.4. The summed E-state index contributed by atoms with van der Waals surface area (Å²) in [6.45, 7) is 3.96. The van der Waals surface area contributed by atoms with E-state index in [1.54, 1.807) is 18.2 Å². The van der Waals surface area contributed by atoms with Crippen molar-refractivity contribution < 1.29 is 14.3 Å². The predicted octanol–water partition coefficient (Wildman–Crippen LogP) is 3.22. The Labute approximate surface area is 146 Å². The molecular formula is C18H18N2O3S. The molecule has 0 heterocycles. The highest BCUT2D eigenvalue weighted by atomic mass is 32.1. The van der Waals surface area contributed by atoms with Gasteiger partial charge in [0.1, 0.15) is 0 Å². The quantitative estimate of drug-likeness (QED) is 0.662. The van der Waals surface area contributed by atoms with Crippen molar-refractivity contribution in [2.75, 3.05) is 12.4 Å². The molecule has 0 unspecified atom stereocenters. The number of ether oxygens (including phenoxy) is 1. The van der Waals surface area contributed by atoms with E-state index in [4.69, 9.17) is 12.2 Å². The van der Waals surface area contributed by atoms with E-state index in [0.29, 0.717) is 11.1 Å². The first-order valence-corrected chi connectivity index (χ1v) is 7.69. The van der Waals surface area contributed by atoms with Gasteiger partial charge in [-0.1, -0.05) is 23.8 Å². The maximum atomic E-state index is 12.3. The van der Waals surface area contributed by atoms with Crippen molar-refractivity contribution in [3.05, 3.63) is 64.7 Å². The monoisotopic (exact) mass is 342 g/mol. The van der Waals surface area contributed by atoms with Crippen LogP contribution in [0.1, 0.15) is 31.8 Å². The van der Waals surface area contributed by atoms with Gasteiger partial charge >= 0.3 is 5.97 Å². The number of carbonyl (C=O) groups excluding carboxylic acids is 2. The number of thiocarbonyl (C=S) groups is 1. The number of methoxy groups -OCH3 is 1. The number of hydrogen-bond donors (Lipinski definition) is 2. The molecule has 24 heavy (non-hydrogen) atoms. The number of esters is 1. The van der Waals surface area contributed by atoms with Crippen molar-refractivity contribution in [1.29, 1.82) is 0 Å². The van der Waals surface area contributed by atoms with E-state index in [1.165, 1.54) is 13.2 Å². The molecule has 0 saturated heterocycles. The number of anilines is 1. The molecule has 0 aliphatic heterocycles. The van der Waals surface area contributed by atoms with Crippen LogP contribution in [0.5, 0.6) is 0 Å². The van der Waals surface area contributed by atoms with Crippen LogP contribution in [0.2, 0.25) is 0 Å². The fraction of sp³-hybridized carbons (Fsp3) is 0.167. The molecule has 5 nitrogen and oxygen atoms in total. The summed E-state index contributed by atoms with van der Waals surface area (Å²) in [6, 6.07) is 12.1. The molecule has 2 N–H and O–H groups in total. The average molecular weight is 342 g/mol. The Bertz CT molecular complexity index is 803. The van der Waals surface area contributed by atoms with E-state index >= 15 is 0 Å². The maximum absolute atomic E-state index is 12.3. The Hall–Kier alpha value is -2.73. The molecule has 0 atom stereocenters. The topological polar surface area (TPSA) is 67.4 Å². The van der Waals surface area contributed by atoms with Crippen LogP contribution in [0.4, 0.5) is 5.69 Å². The van der Waals surface area contributed by atoms with Gasteiger partial charge in [0.05, 0.1) is 12.7 Å². The van der Waals surface area contributed by atoms with Gasteiger partial charge in [-0.2, -0.15) is 0 Å². The van der Waals surface area contributed by atoms with Gasteiger partial charge in [-0.25, -0.2) is 4.79 Å². The van der Waals surface area contributed by atoms with Gasteiger partial charge in [-0.3, -0.25) is 10.1 Å². The van der Waals surface area contributed by atoms with Crippen LogP contribution in [0.3, 0.4) is 0 Å². The van der Waals surface area contributed by atoms with Gasteiger partial charge in [-0.15, -0.1) is 0 Å². The Morgan fingerprint density at radius 1 is 1.04 bits per heavy atom. The highest BCUT2D eigenvalue weighted by molar-refractivity contribution is 7.80. The minimum absolute atomic E-state index is 0.190. The number of carbonyl (C=O) groups is 2. The molecule has 0 saturated carbocycles. The van der Waals surface area contributed by atoms with Crippen LogP contribution in [0.15, 0.2) is 42.5 Å². The molecule has 0 aliphatic carbocycles. The lowest BCUT2D eigenvalue weighted by atomic mass is 10.1. The fourth-order valence-corrected chi connectivity index (χ4v) is 2.39. The zero-order valence-corrected chi connectivity index (χ0v) is 14.5. The first kappa shape index (κ1) is 17.6. The summed E-state index contributed by atoms with van der Waals surface area (Å²) in [6.07, 6.45) is 0. The Morgan fingerprint density at radius 3 is 2.42 bits per heavy atom. The van der Waals surface area contributed by atoms with Gasteiger partial charge in [0.2, 0.25) is 0 Å². The molecule has 0 fully saturated rings. The second-order valence-corrected chi connectivity index (χ2v) is 5.71. The standard InChI is InChI=1S/C18H18N2O3S/c1-11-7-8-15(12(2)9-11)19-18(24)20-16(21)13-5-4-6-14(10-13)17(22)23-3/h4-10H,1-3H3,(H2,19,20,21,24). The summed E-state index contributed by atoms with van der Waals surface area (Å²) in [5.74, 6) is -0.899. The molecule has 124 valence electrons. The normalized spacial score (nSPS) is 9.96. The largest absolute Gasteiger partial charge is 0.465 e. The molecule has 1 amide bonds. The molecule has 0 aliphatic rings. The third-order valence-corrected chi connectivity index (χ3v) is 3.61. The van der Waals surface area contributed by atoms with Gasteiger partial charge in [-0.05, 0) is 55.9 Å². The molecule has 0 bridgehead atoms. The van der Waals surface area contributed by atoms with Crippen molar-refractivity contribution in [3.8, 4) is 0 Å². The third-order valence-electron chi connectivity index (χ3n) is 3.40. The van der Waals surface area contributed by atoms with Crippen LogP contribution in [0, 0.1) is 13.8 Å². The Morgan fingerprint density at radius 2 is 1.75 bits per heavy atom. The van der Waals surface area contributed by atoms with Gasteiger partial charge in [0, 0.05) is 11.3 Å². The average Bonchev–Trinajstić information content (AvgIpc) is 2.56. The summed E-state index contributed by atoms with van der Waals surface area (Å²) in [7, 11) is 1.29. The molecule has 0 spiro atoms. The number of aryl methyl sites for hydroxylation is 2. The highest BCUT2D eigenvalue weighted by Gasteiger charge is 2.12. The van der Waals surface area contributed by atoms with E-state index in [9.17, 15) is 9.59 Å². The number of rotatable bonds is 3. The lowest BCUT2D eigenvalue weighted by Crippen LogP contribution is -2.34. The SMILES string of the molecule is COC(=O)c1cccc(C(=O)NC(=S)Nc2ccc(C)cc2C)c1. The second-order valence-electron chi connectivity index (χ2n) is 5.30. The zero-order chi connectivity index (χ0) is 17.7. The fourth-order valence-electron chi connectivity index (χ4n) is 2.19. The molecule has 6 heteroatoms. The van der Waals surface area contributed by atoms with E-state index in [1.807, 2.05) is 32.0 Å². The minimum atomic E-state index is -0.499. The molecular weight excluding hydrogens is 324 g/mol. The Kier molecular flexibility index (Phi) is 5.65. The Balaban J connectivity index is 2.06. The second kappa shape index (κ2) is 7.70. The maximum Gasteiger partial charge on any atom is 0.337 e. The smallest absolute Gasteiger partial charge is 0.337 e. The molecule has 0 aromatic heterocycles. The van der Waals surface area contributed by atoms with Crippen molar-refractivity contribution in [1.82, 2.24) is 5.32 Å². The first-order valence-electron chi connectivity index (χ1n) is 7.28. The third kappa shape index (κ3) is 4.39. The van der Waals surface area contributed by atoms with Crippen LogP contribution in [-0.2, 0) is 4.74 Å². The van der Waals surface area contributed by atoms with Crippen LogP contribution < -0.4 is 10.6 Å². The van der Waals surface area contributed by atoms with Gasteiger partial charge in [0.25, 0.3) is 5.91 Å². The number of amides is 1. The number of nitrogens with one attached hydrogen (secondary N) is 2. The highest BCUT2D eigenvalue weighted by Crippen LogP contribution is 2.16. The number of benzene rings is 2. The summed E-state index contributed by atoms with van der Waals surface area (Å²) in [5.41, 5.74) is 3.63. The van der Waals surface area contributed by atoms with E-state index in [2.05, 4.69) is 15.4 Å². The molecule has 0 radical (unpaired) electrons. The van der Waals surface area contributed by atoms with Crippen molar-refractivity contribution in [2.24, 2.45) is 0 Å². The van der Waals surface area contributed by atoms with Crippen LogP contribution in [-0.4, -0.2) is 24.1 Å². The van der Waals surface area contributed by atoms with Crippen molar-refractivity contribution in [3.63, 3.8) is 0 Å². The molecule has 2 aromatic carbocycles. The summed E-state index contributed by atoms with van der Waals surface area (Å²) in [5, 5.41) is 5.78. The van der Waals surface area contributed by atoms with Crippen molar-refractivity contribution >= 4 is 34.9 Å². The lowest BCUT2D eigenvalue weighted by Gasteiger charge is -2.12. The minimum Gasteiger partial charge on any atom is -0.465 e.